The summed E-state index contributed by atoms with van der Waals surface area (Å²) in [5.74, 6) is 0.169. The van der Waals surface area contributed by atoms with Crippen LogP contribution in [0.3, 0.4) is 0 Å². The Hall–Kier alpha value is -3.41. The van der Waals surface area contributed by atoms with Crippen molar-refractivity contribution in [2.75, 3.05) is 39.0 Å². The van der Waals surface area contributed by atoms with Crippen molar-refractivity contribution < 1.29 is 18.0 Å². The average molecular weight is 463 g/mol. The Morgan fingerprint density at radius 2 is 1.94 bits per heavy atom. The monoisotopic (exact) mass is 463 g/mol. The van der Waals surface area contributed by atoms with Crippen LogP contribution in [-0.2, 0) is 18.0 Å². The molecule has 1 aliphatic heterocycles. The zero-order valence-corrected chi connectivity index (χ0v) is 18.4. The van der Waals surface area contributed by atoms with E-state index >= 15 is 0 Å². The standard InChI is InChI=1S/C21H24F3N7O2/c1-28(2)17(32)12-30-9-8-15(11-30)31-16-10-25-19(27-18(16)29(3)20(31)33)26-14-6-4-13(5-7-14)21(22,23)24/h4-7,10,15H,8-9,11-12H2,1-3H3,(H,25,26,27). The first kappa shape index (κ1) is 22.8. The summed E-state index contributed by atoms with van der Waals surface area (Å²) in [6.07, 6.45) is -2.17. The molecule has 0 bridgehead atoms. The number of likely N-dealkylation sites (tertiary alicyclic amines) is 1. The van der Waals surface area contributed by atoms with Gasteiger partial charge < -0.3 is 10.2 Å². The number of rotatable bonds is 5. The number of hydrogen-bond acceptors (Lipinski definition) is 6. The number of alkyl halides is 3. The molecular weight excluding hydrogens is 439 g/mol. The molecule has 1 N–H and O–H groups in total. The van der Waals surface area contributed by atoms with Gasteiger partial charge in [-0.25, -0.2) is 9.78 Å². The molecule has 3 heterocycles. The van der Waals surface area contributed by atoms with E-state index in [2.05, 4.69) is 15.3 Å². The minimum atomic E-state index is -4.41. The maximum Gasteiger partial charge on any atom is 0.416 e. The van der Waals surface area contributed by atoms with E-state index in [1.165, 1.54) is 27.8 Å². The number of nitrogens with one attached hydrogen (secondary N) is 1. The quantitative estimate of drug-likeness (QED) is 0.625. The Labute approximate surface area is 187 Å². The second kappa shape index (κ2) is 8.50. The minimum absolute atomic E-state index is 0.00299. The van der Waals surface area contributed by atoms with Gasteiger partial charge in [0.25, 0.3) is 0 Å². The Morgan fingerprint density at radius 3 is 2.58 bits per heavy atom. The zero-order valence-electron chi connectivity index (χ0n) is 18.4. The lowest BCUT2D eigenvalue weighted by Gasteiger charge is -2.18. The molecule has 0 radical (unpaired) electrons. The van der Waals surface area contributed by atoms with Crippen molar-refractivity contribution in [3.05, 3.63) is 46.5 Å². The van der Waals surface area contributed by atoms with Crippen LogP contribution >= 0.6 is 0 Å². The van der Waals surface area contributed by atoms with Gasteiger partial charge in [0.1, 0.15) is 5.52 Å². The number of aryl methyl sites for hydroxylation is 1. The fourth-order valence-corrected chi connectivity index (χ4v) is 3.92. The van der Waals surface area contributed by atoms with Crippen LogP contribution in [-0.4, -0.2) is 68.5 Å². The normalized spacial score (nSPS) is 17.0. The SMILES string of the molecule is CN(C)C(=O)CN1CCC(n2c(=O)n(C)c3nc(Nc4ccc(C(F)(F)F)cc4)ncc32)C1. The molecule has 0 spiro atoms. The number of amides is 1. The number of nitrogens with zero attached hydrogens (tertiary/aromatic N) is 6. The number of anilines is 2. The molecule has 2 aromatic heterocycles. The molecule has 1 amide bonds. The number of hydrogen-bond donors (Lipinski definition) is 1. The van der Waals surface area contributed by atoms with Crippen LogP contribution in [0.2, 0.25) is 0 Å². The van der Waals surface area contributed by atoms with Gasteiger partial charge in [-0.1, -0.05) is 0 Å². The number of benzene rings is 1. The van der Waals surface area contributed by atoms with Gasteiger partial charge in [-0.15, -0.1) is 0 Å². The Bertz CT molecular complexity index is 1230. The van der Waals surface area contributed by atoms with Crippen molar-refractivity contribution >= 4 is 28.7 Å². The Kier molecular flexibility index (Phi) is 5.87. The molecule has 176 valence electrons. The van der Waals surface area contributed by atoms with Crippen LogP contribution < -0.4 is 11.0 Å². The molecule has 1 fully saturated rings. The summed E-state index contributed by atoms with van der Waals surface area (Å²) in [4.78, 5) is 37.2. The predicted molar refractivity (Wildman–Crippen MR) is 116 cm³/mol. The highest BCUT2D eigenvalue weighted by Crippen LogP contribution is 2.30. The molecule has 3 aromatic rings. The maximum absolute atomic E-state index is 13.0. The highest BCUT2D eigenvalue weighted by molar-refractivity contribution is 5.77. The van der Waals surface area contributed by atoms with E-state index in [-0.39, 0.29) is 23.6 Å². The van der Waals surface area contributed by atoms with E-state index in [9.17, 15) is 22.8 Å². The van der Waals surface area contributed by atoms with E-state index in [1.54, 1.807) is 25.7 Å². The molecule has 1 aromatic carbocycles. The maximum atomic E-state index is 13.0. The van der Waals surface area contributed by atoms with Gasteiger partial charge in [0, 0.05) is 39.9 Å². The number of carbonyl (C=O) groups is 1. The van der Waals surface area contributed by atoms with E-state index in [0.29, 0.717) is 42.9 Å². The lowest BCUT2D eigenvalue weighted by atomic mass is 10.2. The van der Waals surface area contributed by atoms with Crippen LogP contribution in [0.4, 0.5) is 24.8 Å². The van der Waals surface area contributed by atoms with Crippen molar-refractivity contribution in [1.82, 2.24) is 28.9 Å². The number of halogens is 3. The lowest BCUT2D eigenvalue weighted by molar-refractivity contribution is -0.137. The summed E-state index contributed by atoms with van der Waals surface area (Å²) in [6.45, 7) is 1.55. The average Bonchev–Trinajstić information content (AvgIpc) is 3.30. The molecule has 12 heteroatoms. The second-order valence-electron chi connectivity index (χ2n) is 8.28. The van der Waals surface area contributed by atoms with Crippen LogP contribution in [0.15, 0.2) is 35.3 Å². The molecule has 33 heavy (non-hydrogen) atoms. The number of aromatic nitrogens is 4. The van der Waals surface area contributed by atoms with Crippen molar-refractivity contribution in [3.8, 4) is 0 Å². The summed E-state index contributed by atoms with van der Waals surface area (Å²) >= 11 is 0. The first-order chi connectivity index (χ1) is 15.5. The first-order valence-corrected chi connectivity index (χ1v) is 10.4. The smallest absolute Gasteiger partial charge is 0.348 e. The van der Waals surface area contributed by atoms with Gasteiger partial charge in [0.2, 0.25) is 11.9 Å². The molecule has 1 unspecified atom stereocenters. The van der Waals surface area contributed by atoms with Crippen molar-refractivity contribution in [1.29, 1.82) is 0 Å². The lowest BCUT2D eigenvalue weighted by Crippen LogP contribution is -2.36. The van der Waals surface area contributed by atoms with Gasteiger partial charge in [-0.3, -0.25) is 18.8 Å². The largest absolute Gasteiger partial charge is 0.416 e. The highest BCUT2D eigenvalue weighted by atomic mass is 19.4. The van der Waals surface area contributed by atoms with Gasteiger partial charge in [0.05, 0.1) is 24.3 Å². The fourth-order valence-electron chi connectivity index (χ4n) is 3.92. The highest BCUT2D eigenvalue weighted by Gasteiger charge is 2.31. The Balaban J connectivity index is 1.56. The van der Waals surface area contributed by atoms with Crippen molar-refractivity contribution in [3.63, 3.8) is 0 Å². The summed E-state index contributed by atoms with van der Waals surface area (Å²) < 4.78 is 41.3. The first-order valence-electron chi connectivity index (χ1n) is 10.4. The van der Waals surface area contributed by atoms with Crippen LogP contribution in [0.25, 0.3) is 11.2 Å². The summed E-state index contributed by atoms with van der Waals surface area (Å²) in [5, 5.41) is 2.87. The fraction of sp³-hybridized carbons (Fsp3) is 0.429. The van der Waals surface area contributed by atoms with Crippen LogP contribution in [0.5, 0.6) is 0 Å². The van der Waals surface area contributed by atoms with Crippen LogP contribution in [0, 0.1) is 0 Å². The molecule has 1 atom stereocenters. The topological polar surface area (TPSA) is 88.3 Å². The molecule has 4 rings (SSSR count). The van der Waals surface area contributed by atoms with E-state index in [1.807, 2.05) is 4.90 Å². The van der Waals surface area contributed by atoms with E-state index in [0.717, 1.165) is 12.1 Å². The summed E-state index contributed by atoms with van der Waals surface area (Å²) in [5.41, 5.74) is 0.376. The molecule has 1 saturated heterocycles. The predicted octanol–water partition coefficient (Wildman–Crippen LogP) is 2.23. The third kappa shape index (κ3) is 4.56. The number of carbonyl (C=O) groups excluding carboxylic acids is 1. The third-order valence-corrected chi connectivity index (χ3v) is 5.76. The second-order valence-corrected chi connectivity index (χ2v) is 8.28. The summed E-state index contributed by atoms with van der Waals surface area (Å²) in [6, 6.07) is 4.42. The number of imidazole rings is 1. The van der Waals surface area contributed by atoms with Gasteiger partial charge in [-0.05, 0) is 30.7 Å². The molecule has 0 saturated carbocycles. The zero-order chi connectivity index (χ0) is 23.9. The number of fused-ring (bicyclic) bond motifs is 1. The van der Waals surface area contributed by atoms with E-state index in [4.69, 9.17) is 0 Å². The molecule has 9 nitrogen and oxygen atoms in total. The molecule has 0 aliphatic carbocycles. The van der Waals surface area contributed by atoms with Gasteiger partial charge >= 0.3 is 11.9 Å². The molecule has 1 aliphatic rings. The molecular formula is C21H24F3N7O2. The van der Waals surface area contributed by atoms with Crippen molar-refractivity contribution in [2.24, 2.45) is 7.05 Å². The minimum Gasteiger partial charge on any atom is -0.348 e. The third-order valence-electron chi connectivity index (χ3n) is 5.76. The van der Waals surface area contributed by atoms with Crippen molar-refractivity contribution in [2.45, 2.75) is 18.6 Å². The van der Waals surface area contributed by atoms with Crippen LogP contribution in [0.1, 0.15) is 18.0 Å². The summed E-state index contributed by atoms with van der Waals surface area (Å²) in [7, 11) is 5.02. The number of likely N-dealkylation sites (N-methyl/N-ethyl adjacent to an activating group) is 1. The van der Waals surface area contributed by atoms with Gasteiger partial charge in [0.15, 0.2) is 5.65 Å². The Morgan fingerprint density at radius 1 is 1.24 bits per heavy atom. The van der Waals surface area contributed by atoms with Gasteiger partial charge in [-0.2, -0.15) is 18.2 Å². The van der Waals surface area contributed by atoms with E-state index < -0.39 is 11.7 Å².